The van der Waals surface area contributed by atoms with Gasteiger partial charge in [0.2, 0.25) is 0 Å². The highest BCUT2D eigenvalue weighted by Crippen LogP contribution is 2.19. The average molecular weight is 306 g/mol. The van der Waals surface area contributed by atoms with E-state index < -0.39 is 12.5 Å². The number of carbonyl (C=O) groups excluding carboxylic acids is 1. The van der Waals surface area contributed by atoms with Crippen LogP contribution in [0.3, 0.4) is 0 Å². The summed E-state index contributed by atoms with van der Waals surface area (Å²) in [5.74, 6) is -0.372. The molecule has 0 unspecified atom stereocenters. The van der Waals surface area contributed by atoms with Gasteiger partial charge in [-0.3, -0.25) is 4.79 Å². The van der Waals surface area contributed by atoms with Crippen LogP contribution in [-0.4, -0.2) is 18.6 Å². The van der Waals surface area contributed by atoms with Crippen LogP contribution in [-0.2, 0) is 4.79 Å². The van der Waals surface area contributed by atoms with Crippen LogP contribution < -0.4 is 10.1 Å². The van der Waals surface area contributed by atoms with Crippen molar-refractivity contribution in [2.24, 2.45) is 0 Å². The standard InChI is InChI=1S/C16H16F2N2O2/c17-16(18)22-14-7-5-11(6-8-14)9-12(10-19)15(21)20-13-3-1-2-4-13/h5-9,13,16H,1-4H2,(H,20,21)/b12-9+. The van der Waals surface area contributed by atoms with Crippen molar-refractivity contribution in [2.75, 3.05) is 0 Å². The highest BCUT2D eigenvalue weighted by Gasteiger charge is 2.19. The van der Waals surface area contributed by atoms with Crippen molar-refractivity contribution in [1.82, 2.24) is 5.32 Å². The second-order valence-corrected chi connectivity index (χ2v) is 5.07. The van der Waals surface area contributed by atoms with E-state index in [-0.39, 0.29) is 17.4 Å². The fraction of sp³-hybridized carbons (Fsp3) is 0.375. The molecule has 0 heterocycles. The van der Waals surface area contributed by atoms with E-state index in [1.807, 2.05) is 6.07 Å². The Hall–Kier alpha value is -2.42. The zero-order valence-electron chi connectivity index (χ0n) is 11.9. The second-order valence-electron chi connectivity index (χ2n) is 5.07. The predicted octanol–water partition coefficient (Wildman–Crippen LogP) is 3.25. The smallest absolute Gasteiger partial charge is 0.387 e. The van der Waals surface area contributed by atoms with Crippen LogP contribution in [0.1, 0.15) is 31.2 Å². The number of hydrogen-bond donors (Lipinski definition) is 1. The minimum absolute atomic E-state index is 0.00516. The molecule has 0 aliphatic heterocycles. The Bertz CT molecular complexity index is 585. The molecule has 22 heavy (non-hydrogen) atoms. The Morgan fingerprint density at radius 1 is 1.32 bits per heavy atom. The normalized spacial score (nSPS) is 15.6. The van der Waals surface area contributed by atoms with E-state index in [0.717, 1.165) is 25.7 Å². The Morgan fingerprint density at radius 3 is 2.50 bits per heavy atom. The van der Waals surface area contributed by atoms with Crippen LogP contribution in [0, 0.1) is 11.3 Å². The largest absolute Gasteiger partial charge is 0.435 e. The Morgan fingerprint density at radius 2 is 1.95 bits per heavy atom. The molecule has 1 aliphatic carbocycles. The average Bonchev–Trinajstić information content (AvgIpc) is 2.98. The van der Waals surface area contributed by atoms with Gasteiger partial charge in [-0.1, -0.05) is 25.0 Å². The van der Waals surface area contributed by atoms with Gasteiger partial charge in [0, 0.05) is 6.04 Å². The summed E-state index contributed by atoms with van der Waals surface area (Å²) in [5.41, 5.74) is 0.564. The lowest BCUT2D eigenvalue weighted by atomic mass is 10.1. The van der Waals surface area contributed by atoms with Gasteiger partial charge >= 0.3 is 6.61 Å². The summed E-state index contributed by atoms with van der Waals surface area (Å²) in [6.45, 7) is -2.88. The molecule has 116 valence electrons. The van der Waals surface area contributed by atoms with Crippen molar-refractivity contribution < 1.29 is 18.3 Å². The lowest BCUT2D eigenvalue weighted by molar-refractivity contribution is -0.117. The molecule has 4 nitrogen and oxygen atoms in total. The first-order valence-corrected chi connectivity index (χ1v) is 7.06. The van der Waals surface area contributed by atoms with Gasteiger partial charge in [0.25, 0.3) is 5.91 Å². The third kappa shape index (κ3) is 4.55. The van der Waals surface area contributed by atoms with Crippen molar-refractivity contribution in [3.63, 3.8) is 0 Å². The van der Waals surface area contributed by atoms with Crippen molar-refractivity contribution in [3.05, 3.63) is 35.4 Å². The molecule has 1 aromatic rings. The Labute approximate surface area is 127 Å². The molecule has 0 atom stereocenters. The molecule has 2 rings (SSSR count). The third-order valence-corrected chi connectivity index (χ3v) is 3.47. The van der Waals surface area contributed by atoms with Crippen molar-refractivity contribution in [2.45, 2.75) is 38.3 Å². The quantitative estimate of drug-likeness (QED) is 0.671. The second kappa shape index (κ2) is 7.55. The number of benzene rings is 1. The number of ether oxygens (including phenoxy) is 1. The van der Waals surface area contributed by atoms with E-state index >= 15 is 0 Å². The van der Waals surface area contributed by atoms with Gasteiger partial charge in [0.05, 0.1) is 0 Å². The molecular weight excluding hydrogens is 290 g/mol. The molecule has 0 radical (unpaired) electrons. The SMILES string of the molecule is N#C/C(=C\c1ccc(OC(F)F)cc1)C(=O)NC1CCCC1. The maximum atomic E-state index is 12.1. The molecule has 6 heteroatoms. The molecule has 1 aliphatic rings. The van der Waals surface area contributed by atoms with Gasteiger partial charge in [-0.15, -0.1) is 0 Å². The van der Waals surface area contributed by atoms with E-state index in [1.165, 1.54) is 30.3 Å². The fourth-order valence-corrected chi connectivity index (χ4v) is 2.39. The van der Waals surface area contributed by atoms with E-state index in [2.05, 4.69) is 10.1 Å². The summed E-state index contributed by atoms with van der Waals surface area (Å²) in [6.07, 6.45) is 5.47. The fourth-order valence-electron chi connectivity index (χ4n) is 2.39. The van der Waals surface area contributed by atoms with Crippen LogP contribution in [0.5, 0.6) is 5.75 Å². The first-order valence-electron chi connectivity index (χ1n) is 7.06. The molecule has 0 saturated heterocycles. The number of alkyl halides is 2. The van der Waals surface area contributed by atoms with Crippen LogP contribution in [0.15, 0.2) is 29.8 Å². The number of nitrogens with one attached hydrogen (secondary N) is 1. The molecule has 0 aromatic heterocycles. The van der Waals surface area contributed by atoms with E-state index in [0.29, 0.717) is 5.56 Å². The molecular formula is C16H16F2N2O2. The summed E-state index contributed by atoms with van der Waals surface area (Å²) in [7, 11) is 0. The van der Waals surface area contributed by atoms with E-state index in [4.69, 9.17) is 5.26 Å². The zero-order chi connectivity index (χ0) is 15.9. The Balaban J connectivity index is 2.04. The molecule has 1 aromatic carbocycles. The van der Waals surface area contributed by atoms with Crippen molar-refractivity contribution in [1.29, 1.82) is 5.26 Å². The van der Waals surface area contributed by atoms with Gasteiger partial charge in [0.15, 0.2) is 0 Å². The van der Waals surface area contributed by atoms with Crippen LogP contribution in [0.2, 0.25) is 0 Å². The molecule has 1 fully saturated rings. The highest BCUT2D eigenvalue weighted by atomic mass is 19.3. The van der Waals surface area contributed by atoms with Gasteiger partial charge in [0.1, 0.15) is 17.4 Å². The number of carbonyl (C=O) groups is 1. The van der Waals surface area contributed by atoms with E-state index in [9.17, 15) is 13.6 Å². The number of nitriles is 1. The van der Waals surface area contributed by atoms with Gasteiger partial charge in [-0.25, -0.2) is 0 Å². The monoisotopic (exact) mass is 306 g/mol. The number of hydrogen-bond acceptors (Lipinski definition) is 3. The maximum absolute atomic E-state index is 12.1. The summed E-state index contributed by atoms with van der Waals surface area (Å²) < 4.78 is 28.3. The summed E-state index contributed by atoms with van der Waals surface area (Å²) in [5, 5.41) is 11.9. The minimum Gasteiger partial charge on any atom is -0.435 e. The highest BCUT2D eigenvalue weighted by molar-refractivity contribution is 6.01. The van der Waals surface area contributed by atoms with E-state index in [1.54, 1.807) is 0 Å². The third-order valence-electron chi connectivity index (χ3n) is 3.47. The van der Waals surface area contributed by atoms with Crippen LogP contribution >= 0.6 is 0 Å². The molecule has 0 bridgehead atoms. The zero-order valence-corrected chi connectivity index (χ0v) is 11.9. The lowest BCUT2D eigenvalue weighted by Gasteiger charge is -2.11. The lowest BCUT2D eigenvalue weighted by Crippen LogP contribution is -2.33. The number of halogens is 2. The van der Waals surface area contributed by atoms with Crippen LogP contribution in [0.4, 0.5) is 8.78 Å². The molecule has 1 N–H and O–H groups in total. The number of nitrogens with zero attached hydrogens (tertiary/aromatic N) is 1. The molecule has 1 amide bonds. The Kier molecular flexibility index (Phi) is 5.48. The van der Waals surface area contributed by atoms with Gasteiger partial charge < -0.3 is 10.1 Å². The minimum atomic E-state index is -2.88. The van der Waals surface area contributed by atoms with Crippen molar-refractivity contribution in [3.8, 4) is 11.8 Å². The topological polar surface area (TPSA) is 62.1 Å². The maximum Gasteiger partial charge on any atom is 0.387 e. The summed E-state index contributed by atoms with van der Waals surface area (Å²) in [6, 6.07) is 7.75. The van der Waals surface area contributed by atoms with Gasteiger partial charge in [-0.05, 0) is 36.6 Å². The summed E-state index contributed by atoms with van der Waals surface area (Å²) >= 11 is 0. The number of rotatable bonds is 5. The predicted molar refractivity (Wildman–Crippen MR) is 77.1 cm³/mol. The summed E-state index contributed by atoms with van der Waals surface area (Å²) in [4.78, 5) is 12.0. The molecule has 0 spiro atoms. The number of amides is 1. The first-order chi connectivity index (χ1) is 10.6. The van der Waals surface area contributed by atoms with Gasteiger partial charge in [-0.2, -0.15) is 14.0 Å². The van der Waals surface area contributed by atoms with Crippen molar-refractivity contribution >= 4 is 12.0 Å². The first kappa shape index (κ1) is 16.0. The van der Waals surface area contributed by atoms with Crippen LogP contribution in [0.25, 0.3) is 6.08 Å². The molecule has 1 saturated carbocycles.